The van der Waals surface area contributed by atoms with Gasteiger partial charge in [0.15, 0.2) is 0 Å². The number of amides is 1. The second kappa shape index (κ2) is 10.6. The highest BCUT2D eigenvalue weighted by Gasteiger charge is 2.37. The molecular formula is C23H25F6N5O2S. The molecular weight excluding hydrogens is 524 g/mol. The summed E-state index contributed by atoms with van der Waals surface area (Å²) in [5.74, 6) is -1.15. The summed E-state index contributed by atoms with van der Waals surface area (Å²) in [5, 5.41) is 4.44. The number of piperazine rings is 1. The van der Waals surface area contributed by atoms with Crippen molar-refractivity contribution in [3.63, 3.8) is 0 Å². The normalized spacial score (nSPS) is 17.0. The smallest absolute Gasteiger partial charge is 0.325 e. The number of nitrogens with one attached hydrogen (secondary N) is 1. The number of carbonyl (C=O) groups excluding carboxylic acids is 1. The molecule has 7 nitrogen and oxygen atoms in total. The standard InChI is InChI=1S/C23H25F6N5O2S/c1-32-6-8-33(9-7-32)34-18-5-3-2-4-17(18)20(31-21(34)36)37-13-19(35)30-16-11-14(22(24,25)26)10-15(12-16)23(27,28)29/h10-12H,2-9,13H2,1H3,(H,30,35). The third-order valence-electron chi connectivity index (χ3n) is 6.30. The third kappa shape index (κ3) is 6.40. The van der Waals surface area contributed by atoms with Crippen LogP contribution in [0.1, 0.15) is 35.2 Å². The van der Waals surface area contributed by atoms with E-state index in [2.05, 4.69) is 15.2 Å². The Bertz CT molecular complexity index is 1190. The quantitative estimate of drug-likeness (QED) is 0.348. The number of alkyl halides is 6. The molecule has 1 saturated heterocycles. The molecule has 2 aromatic rings. The van der Waals surface area contributed by atoms with Gasteiger partial charge < -0.3 is 15.2 Å². The molecule has 1 aliphatic heterocycles. The summed E-state index contributed by atoms with van der Waals surface area (Å²) in [4.78, 5) is 31.8. The Labute approximate surface area is 212 Å². The second-order valence-electron chi connectivity index (χ2n) is 9.03. The van der Waals surface area contributed by atoms with Gasteiger partial charge in [-0.2, -0.15) is 31.3 Å². The monoisotopic (exact) mass is 549 g/mol. The molecule has 0 bridgehead atoms. The fourth-order valence-electron chi connectivity index (χ4n) is 4.44. The van der Waals surface area contributed by atoms with Crippen molar-refractivity contribution < 1.29 is 31.1 Å². The van der Waals surface area contributed by atoms with Gasteiger partial charge in [0.25, 0.3) is 0 Å². The zero-order valence-electron chi connectivity index (χ0n) is 19.9. The first kappa shape index (κ1) is 27.3. The summed E-state index contributed by atoms with van der Waals surface area (Å²) < 4.78 is 80.2. The van der Waals surface area contributed by atoms with Crippen molar-refractivity contribution in [3.8, 4) is 0 Å². The van der Waals surface area contributed by atoms with E-state index in [0.717, 1.165) is 49.0 Å². The Morgan fingerprint density at radius 2 is 1.57 bits per heavy atom. The van der Waals surface area contributed by atoms with E-state index in [1.165, 1.54) is 0 Å². The minimum absolute atomic E-state index is 0.00399. The van der Waals surface area contributed by atoms with Crippen LogP contribution in [-0.4, -0.2) is 59.4 Å². The highest BCUT2D eigenvalue weighted by Crippen LogP contribution is 2.37. The van der Waals surface area contributed by atoms with E-state index in [1.807, 2.05) is 12.1 Å². The van der Waals surface area contributed by atoms with Crippen LogP contribution in [0.5, 0.6) is 0 Å². The van der Waals surface area contributed by atoms with E-state index < -0.39 is 40.8 Å². The maximum Gasteiger partial charge on any atom is 0.416 e. The molecule has 0 spiro atoms. The predicted molar refractivity (Wildman–Crippen MR) is 126 cm³/mol. The minimum Gasteiger partial charge on any atom is -0.325 e. The molecule has 4 rings (SSSR count). The molecule has 0 radical (unpaired) electrons. The molecule has 1 amide bonds. The summed E-state index contributed by atoms with van der Waals surface area (Å²) in [7, 11) is 2.00. The van der Waals surface area contributed by atoms with Crippen LogP contribution in [0.15, 0.2) is 28.0 Å². The average Bonchev–Trinajstić information content (AvgIpc) is 2.82. The number of likely N-dealkylation sites (N-methyl/N-ethyl adjacent to an activating group) is 1. The van der Waals surface area contributed by atoms with Gasteiger partial charge in [-0.15, -0.1) is 0 Å². The van der Waals surface area contributed by atoms with Crippen molar-refractivity contribution in [1.29, 1.82) is 0 Å². The Kier molecular flexibility index (Phi) is 7.79. The van der Waals surface area contributed by atoms with Gasteiger partial charge in [-0.05, 0) is 50.9 Å². The molecule has 1 aromatic heterocycles. The van der Waals surface area contributed by atoms with Crippen molar-refractivity contribution in [2.24, 2.45) is 0 Å². The lowest BCUT2D eigenvalue weighted by molar-refractivity contribution is -0.143. The number of halogens is 6. The van der Waals surface area contributed by atoms with Crippen molar-refractivity contribution in [2.75, 3.05) is 49.3 Å². The average molecular weight is 550 g/mol. The summed E-state index contributed by atoms with van der Waals surface area (Å²) in [6.07, 6.45) is -6.95. The van der Waals surface area contributed by atoms with E-state index in [-0.39, 0.29) is 11.8 Å². The number of benzene rings is 1. The first-order valence-electron chi connectivity index (χ1n) is 11.6. The number of thioether (sulfide) groups is 1. The van der Waals surface area contributed by atoms with Gasteiger partial charge in [0.2, 0.25) is 5.91 Å². The first-order chi connectivity index (χ1) is 17.3. The second-order valence-corrected chi connectivity index (χ2v) is 10.00. The van der Waals surface area contributed by atoms with E-state index >= 15 is 0 Å². The molecule has 1 fully saturated rings. The summed E-state index contributed by atoms with van der Waals surface area (Å²) in [6, 6.07) is 0.903. The number of rotatable bonds is 5. The highest BCUT2D eigenvalue weighted by atomic mass is 32.2. The van der Waals surface area contributed by atoms with Crippen molar-refractivity contribution in [3.05, 3.63) is 51.1 Å². The third-order valence-corrected chi connectivity index (χ3v) is 7.32. The maximum atomic E-state index is 13.1. The topological polar surface area (TPSA) is 70.5 Å². The fraction of sp³-hybridized carbons (Fsp3) is 0.522. The number of anilines is 1. The molecule has 0 atom stereocenters. The lowest BCUT2D eigenvalue weighted by Gasteiger charge is -2.37. The lowest BCUT2D eigenvalue weighted by Crippen LogP contribution is -2.54. The van der Waals surface area contributed by atoms with Crippen LogP contribution < -0.4 is 16.0 Å². The molecule has 0 saturated carbocycles. The van der Waals surface area contributed by atoms with E-state index in [9.17, 15) is 35.9 Å². The molecule has 202 valence electrons. The highest BCUT2D eigenvalue weighted by molar-refractivity contribution is 8.00. The van der Waals surface area contributed by atoms with Crippen LogP contribution in [0, 0.1) is 0 Å². The van der Waals surface area contributed by atoms with Crippen LogP contribution in [-0.2, 0) is 30.0 Å². The van der Waals surface area contributed by atoms with Crippen molar-refractivity contribution in [2.45, 2.75) is 43.1 Å². The molecule has 1 aliphatic carbocycles. The minimum atomic E-state index is -5.02. The van der Waals surface area contributed by atoms with Gasteiger partial charge in [0.1, 0.15) is 5.03 Å². The summed E-state index contributed by atoms with van der Waals surface area (Å²) in [5.41, 5.74) is -2.44. The molecule has 1 aromatic carbocycles. The fourth-order valence-corrected chi connectivity index (χ4v) is 5.31. The van der Waals surface area contributed by atoms with Crippen molar-refractivity contribution >= 4 is 23.4 Å². The van der Waals surface area contributed by atoms with Gasteiger partial charge in [-0.3, -0.25) is 4.79 Å². The Hall–Kier alpha value is -2.74. The Balaban J connectivity index is 1.53. The van der Waals surface area contributed by atoms with Gasteiger partial charge in [0.05, 0.1) is 22.6 Å². The zero-order chi connectivity index (χ0) is 27.0. The number of hydrogen-bond acceptors (Lipinski definition) is 6. The number of nitrogens with zero attached hydrogens (tertiary/aromatic N) is 4. The largest absolute Gasteiger partial charge is 0.416 e. The SMILES string of the molecule is CN1CCN(n2c3c(c(SCC(=O)Nc4cc(C(F)(F)F)cc(C(F)(F)F)c4)nc2=O)CCCC3)CC1. The Morgan fingerprint density at radius 1 is 0.973 bits per heavy atom. The Morgan fingerprint density at radius 3 is 2.16 bits per heavy atom. The summed E-state index contributed by atoms with van der Waals surface area (Å²) in [6.45, 7) is 2.92. The number of hydrogen-bond donors (Lipinski definition) is 1. The van der Waals surface area contributed by atoms with Crippen LogP contribution >= 0.6 is 11.8 Å². The van der Waals surface area contributed by atoms with E-state index in [1.54, 1.807) is 4.68 Å². The van der Waals surface area contributed by atoms with Crippen molar-refractivity contribution in [1.82, 2.24) is 14.6 Å². The van der Waals surface area contributed by atoms with Gasteiger partial charge in [0, 0.05) is 37.4 Å². The van der Waals surface area contributed by atoms with Gasteiger partial charge in [-0.1, -0.05) is 11.8 Å². The zero-order valence-corrected chi connectivity index (χ0v) is 20.7. The van der Waals surface area contributed by atoms with Gasteiger partial charge in [-0.25, -0.2) is 9.47 Å². The number of fused-ring (bicyclic) bond motifs is 1. The predicted octanol–water partition coefficient (Wildman–Crippen LogP) is 3.77. The molecule has 37 heavy (non-hydrogen) atoms. The van der Waals surface area contributed by atoms with Crippen LogP contribution in [0.25, 0.3) is 0 Å². The molecule has 0 unspecified atom stereocenters. The molecule has 2 aliphatic rings. The van der Waals surface area contributed by atoms with Crippen LogP contribution in [0.3, 0.4) is 0 Å². The maximum absolute atomic E-state index is 13.1. The van der Waals surface area contributed by atoms with Crippen LogP contribution in [0.4, 0.5) is 32.0 Å². The number of aromatic nitrogens is 2. The molecule has 1 N–H and O–H groups in total. The van der Waals surface area contributed by atoms with E-state index in [4.69, 9.17) is 0 Å². The summed E-state index contributed by atoms with van der Waals surface area (Å²) >= 11 is 0.944. The lowest BCUT2D eigenvalue weighted by atomic mass is 9.97. The molecule has 14 heteroatoms. The molecule has 2 heterocycles. The van der Waals surface area contributed by atoms with E-state index in [0.29, 0.717) is 43.1 Å². The van der Waals surface area contributed by atoms with Crippen LogP contribution in [0.2, 0.25) is 0 Å². The number of carbonyl (C=O) groups is 1. The van der Waals surface area contributed by atoms with Gasteiger partial charge >= 0.3 is 18.0 Å². The first-order valence-corrected chi connectivity index (χ1v) is 12.6.